The van der Waals surface area contributed by atoms with Crippen LogP contribution < -0.4 is 5.32 Å². The van der Waals surface area contributed by atoms with Gasteiger partial charge in [0, 0.05) is 21.6 Å². The van der Waals surface area contributed by atoms with Gasteiger partial charge in [-0.3, -0.25) is 0 Å². The predicted molar refractivity (Wildman–Crippen MR) is 72.9 cm³/mol. The van der Waals surface area contributed by atoms with Crippen LogP contribution in [0.1, 0.15) is 16.8 Å². The molecule has 96 valence electrons. The van der Waals surface area contributed by atoms with Gasteiger partial charge in [-0.1, -0.05) is 6.92 Å². The number of aromatic nitrogens is 1. The molecule has 0 unspecified atom stereocenters. The Morgan fingerprint density at radius 2 is 2.17 bits per heavy atom. The van der Waals surface area contributed by atoms with E-state index < -0.39 is 11.6 Å². The summed E-state index contributed by atoms with van der Waals surface area (Å²) < 4.78 is 26.8. The summed E-state index contributed by atoms with van der Waals surface area (Å²) in [5.74, 6) is -1.21. The number of hydrogen-bond acceptors (Lipinski definition) is 3. The van der Waals surface area contributed by atoms with Gasteiger partial charge in [0.2, 0.25) is 0 Å². The standard InChI is InChI=1S/C12H11BrF2N2S/c1-2-11-16-5-8(18-11)6-17-12-9(13)3-7(14)4-10(12)15/h3-5,17H,2,6H2,1H3. The molecule has 2 rings (SSSR count). The second kappa shape index (κ2) is 5.75. The van der Waals surface area contributed by atoms with E-state index in [0.29, 0.717) is 11.0 Å². The first-order valence-electron chi connectivity index (χ1n) is 5.42. The zero-order valence-electron chi connectivity index (χ0n) is 9.64. The van der Waals surface area contributed by atoms with Gasteiger partial charge >= 0.3 is 0 Å². The van der Waals surface area contributed by atoms with E-state index in [1.165, 1.54) is 6.07 Å². The maximum absolute atomic E-state index is 13.5. The fourth-order valence-corrected chi connectivity index (χ4v) is 2.83. The van der Waals surface area contributed by atoms with E-state index in [2.05, 4.69) is 26.2 Å². The lowest BCUT2D eigenvalue weighted by Gasteiger charge is -2.08. The minimum Gasteiger partial charge on any atom is -0.377 e. The van der Waals surface area contributed by atoms with Crippen molar-refractivity contribution in [2.45, 2.75) is 19.9 Å². The SMILES string of the molecule is CCc1ncc(CNc2c(F)cc(F)cc2Br)s1. The molecule has 0 saturated carbocycles. The molecule has 0 aliphatic heterocycles. The van der Waals surface area contributed by atoms with Crippen LogP contribution in [0.5, 0.6) is 0 Å². The maximum Gasteiger partial charge on any atom is 0.150 e. The zero-order valence-corrected chi connectivity index (χ0v) is 12.0. The molecular weight excluding hydrogens is 322 g/mol. The van der Waals surface area contributed by atoms with Gasteiger partial charge in [-0.2, -0.15) is 0 Å². The molecule has 1 heterocycles. The number of nitrogens with one attached hydrogen (secondary N) is 1. The average molecular weight is 333 g/mol. The van der Waals surface area contributed by atoms with E-state index >= 15 is 0 Å². The summed E-state index contributed by atoms with van der Waals surface area (Å²) in [5, 5.41) is 3.99. The molecule has 0 spiro atoms. The van der Waals surface area contributed by atoms with Gasteiger partial charge in [0.05, 0.1) is 17.2 Å². The Morgan fingerprint density at radius 1 is 1.39 bits per heavy atom. The zero-order chi connectivity index (χ0) is 13.1. The number of benzene rings is 1. The van der Waals surface area contributed by atoms with Crippen molar-refractivity contribution < 1.29 is 8.78 Å². The predicted octanol–water partition coefficient (Wildman–Crippen LogP) is 4.36. The van der Waals surface area contributed by atoms with Gasteiger partial charge in [0.1, 0.15) is 11.6 Å². The Kier molecular flexibility index (Phi) is 4.29. The third kappa shape index (κ3) is 3.05. The first-order valence-corrected chi connectivity index (χ1v) is 7.03. The number of thiazole rings is 1. The monoisotopic (exact) mass is 332 g/mol. The molecule has 0 fully saturated rings. The summed E-state index contributed by atoms with van der Waals surface area (Å²) in [6.07, 6.45) is 2.66. The van der Waals surface area contributed by atoms with E-state index in [0.717, 1.165) is 22.4 Å². The molecule has 0 aliphatic carbocycles. The van der Waals surface area contributed by atoms with E-state index in [-0.39, 0.29) is 5.69 Å². The lowest BCUT2D eigenvalue weighted by Crippen LogP contribution is -2.01. The molecule has 2 aromatic rings. The molecule has 1 N–H and O–H groups in total. The van der Waals surface area contributed by atoms with Crippen LogP contribution in [0.15, 0.2) is 22.8 Å². The number of aryl methyl sites for hydroxylation is 1. The first-order chi connectivity index (χ1) is 8.60. The molecule has 1 aromatic carbocycles. The van der Waals surface area contributed by atoms with Crippen molar-refractivity contribution in [3.63, 3.8) is 0 Å². The normalized spacial score (nSPS) is 10.7. The van der Waals surface area contributed by atoms with Gasteiger partial charge in [0.15, 0.2) is 0 Å². The summed E-state index contributed by atoms with van der Waals surface area (Å²) in [4.78, 5) is 5.24. The smallest absolute Gasteiger partial charge is 0.150 e. The van der Waals surface area contributed by atoms with Crippen molar-refractivity contribution in [2.24, 2.45) is 0 Å². The number of hydrogen-bond donors (Lipinski definition) is 1. The van der Waals surface area contributed by atoms with Gasteiger partial charge in [-0.05, 0) is 28.4 Å². The number of rotatable bonds is 4. The second-order valence-corrected chi connectivity index (χ2v) is 5.73. The fourth-order valence-electron chi connectivity index (χ4n) is 1.48. The molecule has 0 atom stereocenters. The highest BCUT2D eigenvalue weighted by Gasteiger charge is 2.09. The highest BCUT2D eigenvalue weighted by Crippen LogP contribution is 2.27. The Hall–Kier alpha value is -1.01. The van der Waals surface area contributed by atoms with Crippen molar-refractivity contribution in [2.75, 3.05) is 5.32 Å². The van der Waals surface area contributed by atoms with Crippen LogP contribution in [0.4, 0.5) is 14.5 Å². The molecule has 0 bridgehead atoms. The highest BCUT2D eigenvalue weighted by molar-refractivity contribution is 9.10. The minimum atomic E-state index is -0.609. The lowest BCUT2D eigenvalue weighted by atomic mass is 10.3. The summed E-state index contributed by atoms with van der Waals surface area (Å²) in [7, 11) is 0. The molecule has 0 amide bonds. The van der Waals surface area contributed by atoms with Crippen molar-refractivity contribution in [1.82, 2.24) is 4.98 Å². The first kappa shape index (κ1) is 13.4. The number of anilines is 1. The summed E-state index contributed by atoms with van der Waals surface area (Å²) in [5.41, 5.74) is 0.267. The molecule has 6 heteroatoms. The summed E-state index contributed by atoms with van der Waals surface area (Å²) >= 11 is 4.72. The van der Waals surface area contributed by atoms with Crippen LogP contribution in [0.25, 0.3) is 0 Å². The van der Waals surface area contributed by atoms with E-state index in [9.17, 15) is 8.78 Å². The Bertz CT molecular complexity index is 534. The topological polar surface area (TPSA) is 24.9 Å². The van der Waals surface area contributed by atoms with Gasteiger partial charge in [0.25, 0.3) is 0 Å². The molecule has 18 heavy (non-hydrogen) atoms. The molecule has 0 aliphatic rings. The van der Waals surface area contributed by atoms with Crippen LogP contribution in [-0.2, 0) is 13.0 Å². The minimum absolute atomic E-state index is 0.267. The quantitative estimate of drug-likeness (QED) is 0.899. The fraction of sp³-hybridized carbons (Fsp3) is 0.250. The van der Waals surface area contributed by atoms with Crippen LogP contribution in [-0.4, -0.2) is 4.98 Å². The molecule has 1 aromatic heterocycles. The van der Waals surface area contributed by atoms with Crippen molar-refractivity contribution >= 4 is 33.0 Å². The van der Waals surface area contributed by atoms with E-state index in [4.69, 9.17) is 0 Å². The van der Waals surface area contributed by atoms with Gasteiger partial charge < -0.3 is 5.32 Å². The molecule has 2 nitrogen and oxygen atoms in total. The average Bonchev–Trinajstić information content (AvgIpc) is 2.75. The van der Waals surface area contributed by atoms with Crippen molar-refractivity contribution in [3.8, 4) is 0 Å². The number of nitrogens with zero attached hydrogens (tertiary/aromatic N) is 1. The largest absolute Gasteiger partial charge is 0.377 e. The van der Waals surface area contributed by atoms with Crippen LogP contribution in [0.2, 0.25) is 0 Å². The van der Waals surface area contributed by atoms with E-state index in [1.54, 1.807) is 17.5 Å². The Balaban J connectivity index is 2.10. The van der Waals surface area contributed by atoms with Gasteiger partial charge in [-0.15, -0.1) is 11.3 Å². The van der Waals surface area contributed by atoms with Crippen LogP contribution >= 0.6 is 27.3 Å². The molecule has 0 radical (unpaired) electrons. The van der Waals surface area contributed by atoms with Crippen molar-refractivity contribution in [1.29, 1.82) is 0 Å². The van der Waals surface area contributed by atoms with E-state index in [1.807, 2.05) is 6.92 Å². The van der Waals surface area contributed by atoms with Crippen LogP contribution in [0.3, 0.4) is 0 Å². The highest BCUT2D eigenvalue weighted by atomic mass is 79.9. The van der Waals surface area contributed by atoms with Gasteiger partial charge in [-0.25, -0.2) is 13.8 Å². The Labute approximate surface area is 116 Å². The van der Waals surface area contributed by atoms with Crippen molar-refractivity contribution in [3.05, 3.63) is 44.3 Å². The molecule has 0 saturated heterocycles. The molecular formula is C12H11BrF2N2S. The lowest BCUT2D eigenvalue weighted by molar-refractivity contribution is 0.583. The number of halogens is 3. The third-order valence-electron chi connectivity index (χ3n) is 2.35. The summed E-state index contributed by atoms with van der Waals surface area (Å²) in [6.45, 7) is 2.51. The third-order valence-corrected chi connectivity index (χ3v) is 4.12. The second-order valence-electron chi connectivity index (χ2n) is 3.67. The maximum atomic E-state index is 13.5. The summed E-state index contributed by atoms with van der Waals surface area (Å²) in [6, 6.07) is 2.09. The van der Waals surface area contributed by atoms with Crippen LogP contribution in [0, 0.1) is 11.6 Å². The Morgan fingerprint density at radius 3 is 2.78 bits per heavy atom.